The fraction of sp³-hybridized carbons (Fsp3) is 0.360. The smallest absolute Gasteiger partial charge is 0.257 e. The molecule has 0 unspecified atom stereocenters. The lowest BCUT2D eigenvalue weighted by molar-refractivity contribution is -0.115. The molecule has 4 rings (SSSR count). The first-order valence-corrected chi connectivity index (χ1v) is 12.1. The molecule has 0 saturated carbocycles. The van der Waals surface area contributed by atoms with E-state index >= 15 is 0 Å². The Hall–Kier alpha value is -3.28. The number of nitrogens with zero attached hydrogens (tertiary/aromatic N) is 4. The van der Waals surface area contributed by atoms with Crippen molar-refractivity contribution in [2.24, 2.45) is 5.73 Å². The highest BCUT2D eigenvalue weighted by molar-refractivity contribution is 6.35. The second-order valence-corrected chi connectivity index (χ2v) is 9.15. The van der Waals surface area contributed by atoms with E-state index in [9.17, 15) is 18.0 Å². The summed E-state index contributed by atoms with van der Waals surface area (Å²) >= 11 is 6.80. The summed E-state index contributed by atoms with van der Waals surface area (Å²) in [6.07, 6.45) is -1.25. The number of rotatable bonds is 9. The van der Waals surface area contributed by atoms with Crippen molar-refractivity contribution in [1.29, 1.82) is 0 Å². The van der Waals surface area contributed by atoms with Gasteiger partial charge >= 0.3 is 0 Å². The Morgan fingerprint density at radius 3 is 2.73 bits per heavy atom. The maximum Gasteiger partial charge on any atom is 0.257 e. The van der Waals surface area contributed by atoms with E-state index in [0.717, 1.165) is 4.68 Å². The number of benzene rings is 2. The Bertz CT molecular complexity index is 1240. The molecule has 0 bridgehead atoms. The lowest BCUT2D eigenvalue weighted by Crippen LogP contribution is -2.54. The molecule has 3 aromatic rings. The largest absolute Gasteiger partial charge is 0.453 e. The van der Waals surface area contributed by atoms with E-state index in [-0.39, 0.29) is 29.0 Å². The number of hydrogen-bond donors (Lipinski definition) is 2. The molecule has 1 fully saturated rings. The average molecular weight is 537 g/mol. The molecule has 3 N–H and O–H groups in total. The van der Waals surface area contributed by atoms with Crippen molar-refractivity contribution in [2.75, 3.05) is 43.4 Å². The first-order chi connectivity index (χ1) is 17.7. The molecule has 1 saturated heterocycles. The number of aromatic nitrogens is 2. The van der Waals surface area contributed by atoms with Gasteiger partial charge in [0.1, 0.15) is 17.3 Å². The average Bonchev–Trinajstić information content (AvgIpc) is 3.28. The molecule has 8 nitrogen and oxygen atoms in total. The zero-order chi connectivity index (χ0) is 26.5. The van der Waals surface area contributed by atoms with Crippen LogP contribution in [0.3, 0.4) is 0 Å². The van der Waals surface area contributed by atoms with E-state index in [1.807, 2.05) is 11.9 Å². The minimum atomic E-state index is -2.54. The van der Waals surface area contributed by atoms with E-state index in [2.05, 4.69) is 15.3 Å². The molecule has 1 aliphatic heterocycles. The van der Waals surface area contributed by atoms with Gasteiger partial charge in [0, 0.05) is 38.4 Å². The van der Waals surface area contributed by atoms with Crippen LogP contribution in [0.4, 0.5) is 24.5 Å². The minimum Gasteiger partial charge on any atom is -0.453 e. The van der Waals surface area contributed by atoms with E-state index in [4.69, 9.17) is 22.1 Å². The second-order valence-electron chi connectivity index (χ2n) is 8.77. The number of ether oxygens (including phenoxy) is 1. The van der Waals surface area contributed by atoms with Crippen LogP contribution >= 0.6 is 11.6 Å². The number of halogens is 4. The number of para-hydroxylation sites is 1. The number of nitrogens with two attached hydrogens (primary N) is 1. The van der Waals surface area contributed by atoms with Gasteiger partial charge in [-0.15, -0.1) is 0 Å². The predicted octanol–water partition coefficient (Wildman–Crippen LogP) is 3.99. The highest BCUT2D eigenvalue weighted by Gasteiger charge is 2.28. The van der Waals surface area contributed by atoms with E-state index in [1.54, 1.807) is 24.3 Å². The molecule has 1 aliphatic rings. The molecule has 198 valence electrons. The normalized spacial score (nSPS) is 16.3. The number of amides is 1. The SMILES string of the molecule is CN1CCN(c2c(NC(=O)Cc3ccn(CC(F)F)n3)ccc(Oc3ccccc3F)c2Cl)C[C@@H]1CN. The Morgan fingerprint density at radius 2 is 2.00 bits per heavy atom. The summed E-state index contributed by atoms with van der Waals surface area (Å²) in [5.74, 6) is -0.683. The van der Waals surface area contributed by atoms with Crippen LogP contribution in [0.1, 0.15) is 5.69 Å². The van der Waals surface area contributed by atoms with Crippen molar-refractivity contribution in [3.8, 4) is 11.5 Å². The topological polar surface area (TPSA) is 88.6 Å². The summed E-state index contributed by atoms with van der Waals surface area (Å²) in [4.78, 5) is 17.0. The van der Waals surface area contributed by atoms with Gasteiger partial charge in [-0.05, 0) is 37.4 Å². The van der Waals surface area contributed by atoms with Gasteiger partial charge in [0.25, 0.3) is 6.43 Å². The highest BCUT2D eigenvalue weighted by atomic mass is 35.5. The van der Waals surface area contributed by atoms with Gasteiger partial charge < -0.3 is 20.7 Å². The minimum absolute atomic E-state index is 0.0183. The van der Waals surface area contributed by atoms with Crippen molar-refractivity contribution >= 4 is 28.9 Å². The lowest BCUT2D eigenvalue weighted by Gasteiger charge is -2.41. The molecule has 12 heteroatoms. The third-order valence-corrected chi connectivity index (χ3v) is 6.50. The number of nitrogens with one attached hydrogen (secondary N) is 1. The quantitative estimate of drug-likeness (QED) is 0.430. The van der Waals surface area contributed by atoms with Gasteiger partial charge in [-0.3, -0.25) is 14.4 Å². The van der Waals surface area contributed by atoms with Crippen LogP contribution < -0.4 is 20.7 Å². The van der Waals surface area contributed by atoms with E-state index in [0.29, 0.717) is 43.2 Å². The van der Waals surface area contributed by atoms with E-state index < -0.39 is 24.7 Å². The second kappa shape index (κ2) is 11.8. The van der Waals surface area contributed by atoms with Crippen molar-refractivity contribution in [3.63, 3.8) is 0 Å². The summed E-state index contributed by atoms with van der Waals surface area (Å²) in [5, 5.41) is 7.09. The van der Waals surface area contributed by atoms with Crippen LogP contribution in [0.15, 0.2) is 48.7 Å². The number of carbonyl (C=O) groups excluding carboxylic acids is 1. The number of alkyl halides is 2. The Balaban J connectivity index is 1.61. The van der Waals surface area contributed by atoms with Crippen LogP contribution in [0.5, 0.6) is 11.5 Å². The zero-order valence-corrected chi connectivity index (χ0v) is 21.0. The molecule has 1 aromatic heterocycles. The molecular formula is C25H28ClF3N6O2. The van der Waals surface area contributed by atoms with Crippen LogP contribution in [0.2, 0.25) is 5.02 Å². The number of anilines is 2. The van der Waals surface area contributed by atoms with Gasteiger partial charge in [0.15, 0.2) is 11.6 Å². The van der Waals surface area contributed by atoms with E-state index in [1.165, 1.54) is 24.4 Å². The number of hydrogen-bond acceptors (Lipinski definition) is 6. The van der Waals surface area contributed by atoms with Crippen LogP contribution in [0.25, 0.3) is 0 Å². The maximum absolute atomic E-state index is 14.2. The predicted molar refractivity (Wildman–Crippen MR) is 136 cm³/mol. The number of carbonyl (C=O) groups is 1. The zero-order valence-electron chi connectivity index (χ0n) is 20.2. The first kappa shape index (κ1) is 26.8. The van der Waals surface area contributed by atoms with Gasteiger partial charge in [-0.1, -0.05) is 23.7 Å². The summed E-state index contributed by atoms with van der Waals surface area (Å²) < 4.78 is 46.3. The highest BCUT2D eigenvalue weighted by Crippen LogP contribution is 2.43. The molecule has 2 heterocycles. The molecular weight excluding hydrogens is 509 g/mol. The monoisotopic (exact) mass is 536 g/mol. The van der Waals surface area contributed by atoms with Gasteiger partial charge in [-0.2, -0.15) is 5.10 Å². The maximum atomic E-state index is 14.2. The Kier molecular flexibility index (Phi) is 8.57. The molecule has 37 heavy (non-hydrogen) atoms. The fourth-order valence-electron chi connectivity index (χ4n) is 4.18. The third kappa shape index (κ3) is 6.54. The van der Waals surface area contributed by atoms with Crippen LogP contribution in [-0.2, 0) is 17.8 Å². The number of likely N-dealkylation sites (N-methyl/N-ethyl adjacent to an activating group) is 1. The molecule has 2 aromatic carbocycles. The molecule has 1 atom stereocenters. The molecule has 0 spiro atoms. The first-order valence-electron chi connectivity index (χ1n) is 11.8. The number of piperazine rings is 1. The molecule has 1 amide bonds. The van der Waals surface area contributed by atoms with Gasteiger partial charge in [0.2, 0.25) is 5.91 Å². The third-order valence-electron chi connectivity index (χ3n) is 6.14. The molecule has 0 aliphatic carbocycles. The lowest BCUT2D eigenvalue weighted by atomic mass is 10.1. The van der Waals surface area contributed by atoms with Crippen molar-refractivity contribution in [1.82, 2.24) is 14.7 Å². The summed E-state index contributed by atoms with van der Waals surface area (Å²) in [6, 6.07) is 10.8. The van der Waals surface area contributed by atoms with Crippen molar-refractivity contribution in [2.45, 2.75) is 25.4 Å². The fourth-order valence-corrected chi connectivity index (χ4v) is 4.51. The van der Waals surface area contributed by atoms with Gasteiger partial charge in [-0.25, -0.2) is 13.2 Å². The van der Waals surface area contributed by atoms with Crippen molar-refractivity contribution in [3.05, 3.63) is 65.2 Å². The standard InChI is InChI=1S/C25H28ClF3N6O2/c1-33-10-11-34(14-17(33)13-30)25-19(31-23(36)12-16-8-9-35(32-16)15-22(28)29)6-7-21(24(25)26)37-20-5-3-2-4-18(20)27/h2-9,17,22H,10-15,30H2,1H3,(H,31,36)/t17-/m0/s1. The summed E-state index contributed by atoms with van der Waals surface area (Å²) in [6.45, 7) is 1.76. The Labute approximate surface area is 217 Å². The van der Waals surface area contributed by atoms with Gasteiger partial charge in [0.05, 0.1) is 23.5 Å². The Morgan fingerprint density at radius 1 is 1.22 bits per heavy atom. The summed E-state index contributed by atoms with van der Waals surface area (Å²) in [5.41, 5.74) is 7.28. The van der Waals surface area contributed by atoms with Crippen LogP contribution in [-0.4, -0.2) is 66.3 Å². The molecule has 0 radical (unpaired) electrons. The summed E-state index contributed by atoms with van der Waals surface area (Å²) in [7, 11) is 1.99. The van der Waals surface area contributed by atoms with Crippen molar-refractivity contribution < 1.29 is 22.7 Å². The van der Waals surface area contributed by atoms with Crippen LogP contribution in [0, 0.1) is 5.82 Å².